The van der Waals surface area contributed by atoms with Crippen molar-refractivity contribution in [1.82, 2.24) is 0 Å². The highest BCUT2D eigenvalue weighted by atomic mass is 32.2. The van der Waals surface area contributed by atoms with Crippen LogP contribution in [-0.2, 0) is 9.59 Å². The van der Waals surface area contributed by atoms with Crippen LogP contribution in [0.15, 0.2) is 0 Å². The van der Waals surface area contributed by atoms with Gasteiger partial charge in [-0.1, -0.05) is 0 Å². The van der Waals surface area contributed by atoms with Crippen LogP contribution in [0.5, 0.6) is 0 Å². The smallest absolute Gasteiger partial charge is 0.313 e. The molecule has 0 amide bonds. The van der Waals surface area contributed by atoms with Gasteiger partial charge in [0.2, 0.25) is 0 Å². The number of hydrogen-bond donors (Lipinski definition) is 2. The van der Waals surface area contributed by atoms with Crippen molar-refractivity contribution in [1.29, 1.82) is 0 Å². The van der Waals surface area contributed by atoms with E-state index in [1.165, 1.54) is 23.5 Å². The van der Waals surface area contributed by atoms with Crippen LogP contribution in [0.2, 0.25) is 0 Å². The maximum atomic E-state index is 10.3. The Morgan fingerprint density at radius 1 is 0.632 bits per heavy atom. The van der Waals surface area contributed by atoms with Crippen LogP contribution in [0.1, 0.15) is 6.42 Å². The van der Waals surface area contributed by atoms with E-state index in [-0.39, 0.29) is 11.5 Å². The summed E-state index contributed by atoms with van der Waals surface area (Å²) in [7, 11) is 0. The second-order valence-electron chi connectivity index (χ2n) is 3.47. The van der Waals surface area contributed by atoms with E-state index >= 15 is 0 Å². The number of carbonyl (C=O) groups is 2. The quantitative estimate of drug-likeness (QED) is 0.466. The lowest BCUT2D eigenvalue weighted by Gasteiger charge is -2.02. The van der Waals surface area contributed by atoms with E-state index in [1.807, 2.05) is 23.5 Å². The summed E-state index contributed by atoms with van der Waals surface area (Å²) in [6.07, 6.45) is 1.16. The predicted molar refractivity (Wildman–Crippen MR) is 89.2 cm³/mol. The first-order chi connectivity index (χ1) is 9.13. The second kappa shape index (κ2) is 14.7. The van der Waals surface area contributed by atoms with Crippen LogP contribution >= 0.6 is 47.0 Å². The van der Waals surface area contributed by atoms with Crippen molar-refractivity contribution in [3.63, 3.8) is 0 Å². The third-order valence-electron chi connectivity index (χ3n) is 1.77. The first-order valence-corrected chi connectivity index (χ1v) is 10.5. The molecule has 0 atom stereocenters. The Balaban J connectivity index is 2.99. The van der Waals surface area contributed by atoms with Crippen LogP contribution in [-0.4, -0.2) is 68.2 Å². The summed E-state index contributed by atoms with van der Waals surface area (Å²) < 4.78 is 0. The van der Waals surface area contributed by atoms with Gasteiger partial charge in [-0.3, -0.25) is 9.59 Å². The third-order valence-corrected chi connectivity index (χ3v) is 6.32. The van der Waals surface area contributed by atoms with E-state index < -0.39 is 11.9 Å². The Morgan fingerprint density at radius 3 is 1.37 bits per heavy atom. The molecule has 19 heavy (non-hydrogen) atoms. The van der Waals surface area contributed by atoms with E-state index in [0.29, 0.717) is 0 Å². The van der Waals surface area contributed by atoms with Crippen molar-refractivity contribution in [2.45, 2.75) is 6.42 Å². The van der Waals surface area contributed by atoms with Gasteiger partial charge in [0.25, 0.3) is 0 Å². The molecule has 0 radical (unpaired) electrons. The number of hydrogen-bond acceptors (Lipinski definition) is 6. The Hall–Kier alpha value is 0.340. The summed E-state index contributed by atoms with van der Waals surface area (Å²) >= 11 is 6.66. The largest absolute Gasteiger partial charge is 0.481 e. The molecule has 0 aromatic heterocycles. The first-order valence-electron chi connectivity index (χ1n) is 5.87. The molecule has 2 N–H and O–H groups in total. The topological polar surface area (TPSA) is 74.6 Å². The number of rotatable bonds is 14. The molecule has 0 aliphatic rings. The fraction of sp³-hybridized carbons (Fsp3) is 0.818. The Bertz CT molecular complexity index is 227. The summed E-state index contributed by atoms with van der Waals surface area (Å²) in [6, 6.07) is 0. The summed E-state index contributed by atoms with van der Waals surface area (Å²) in [4.78, 5) is 20.5. The lowest BCUT2D eigenvalue weighted by molar-refractivity contribution is -0.134. The highest BCUT2D eigenvalue weighted by Gasteiger charge is 1.98. The molecule has 0 aromatic carbocycles. The van der Waals surface area contributed by atoms with Crippen LogP contribution in [0, 0.1) is 0 Å². The van der Waals surface area contributed by atoms with Gasteiger partial charge in [0.15, 0.2) is 0 Å². The van der Waals surface area contributed by atoms with Gasteiger partial charge in [-0.15, -0.1) is 23.5 Å². The molecule has 0 aliphatic heterocycles. The fourth-order valence-corrected chi connectivity index (χ4v) is 4.83. The molecule has 0 aromatic rings. The van der Waals surface area contributed by atoms with E-state index in [1.54, 1.807) is 0 Å². The molecular weight excluding hydrogens is 324 g/mol. The molecule has 0 unspecified atom stereocenters. The van der Waals surface area contributed by atoms with E-state index in [9.17, 15) is 9.59 Å². The number of carboxylic acid groups (broad SMARTS) is 2. The number of carboxylic acids is 2. The normalized spacial score (nSPS) is 10.5. The maximum absolute atomic E-state index is 10.3. The van der Waals surface area contributed by atoms with E-state index in [2.05, 4.69) is 0 Å². The standard InChI is InChI=1S/C11H20O4S4/c12-10(13)8-18-6-4-16-2-1-3-17-5-7-19-9-11(14)15/h1-9H2,(H,12,13)(H,14,15). The lowest BCUT2D eigenvalue weighted by Crippen LogP contribution is -2.00. The van der Waals surface area contributed by atoms with Crippen molar-refractivity contribution in [3.8, 4) is 0 Å². The van der Waals surface area contributed by atoms with E-state index in [4.69, 9.17) is 10.2 Å². The van der Waals surface area contributed by atoms with Crippen molar-refractivity contribution in [2.75, 3.05) is 46.0 Å². The fourth-order valence-electron chi connectivity index (χ4n) is 1.02. The first kappa shape index (κ1) is 19.3. The van der Waals surface area contributed by atoms with Crippen LogP contribution < -0.4 is 0 Å². The zero-order valence-corrected chi connectivity index (χ0v) is 14.0. The third kappa shape index (κ3) is 18.3. The van der Waals surface area contributed by atoms with Gasteiger partial charge in [0.05, 0.1) is 11.5 Å². The minimum absolute atomic E-state index is 0.199. The molecule has 0 saturated heterocycles. The van der Waals surface area contributed by atoms with Gasteiger partial charge < -0.3 is 10.2 Å². The molecule has 8 heteroatoms. The summed E-state index contributed by atoms with van der Waals surface area (Å²) in [5.41, 5.74) is 0. The maximum Gasteiger partial charge on any atom is 0.313 e. The van der Waals surface area contributed by atoms with Crippen LogP contribution in [0.4, 0.5) is 0 Å². The van der Waals surface area contributed by atoms with E-state index in [0.717, 1.165) is 40.9 Å². The molecule has 0 fully saturated rings. The average Bonchev–Trinajstić information content (AvgIpc) is 2.34. The number of thioether (sulfide) groups is 4. The summed E-state index contributed by atoms with van der Waals surface area (Å²) in [5.74, 6) is 4.96. The molecular formula is C11H20O4S4. The van der Waals surface area contributed by atoms with Crippen LogP contribution in [0.3, 0.4) is 0 Å². The second-order valence-corrected chi connectivity index (χ2v) is 8.13. The van der Waals surface area contributed by atoms with Crippen molar-refractivity contribution in [2.24, 2.45) is 0 Å². The molecule has 0 bridgehead atoms. The molecule has 4 nitrogen and oxygen atoms in total. The monoisotopic (exact) mass is 344 g/mol. The Morgan fingerprint density at radius 2 is 1.00 bits per heavy atom. The average molecular weight is 345 g/mol. The zero-order chi connectivity index (χ0) is 14.3. The van der Waals surface area contributed by atoms with Crippen molar-refractivity contribution >= 4 is 59.0 Å². The summed E-state index contributed by atoms with van der Waals surface area (Å²) in [5, 5.41) is 16.9. The van der Waals surface area contributed by atoms with Gasteiger partial charge in [-0.2, -0.15) is 23.5 Å². The molecule has 0 spiro atoms. The molecule has 112 valence electrons. The summed E-state index contributed by atoms with van der Waals surface area (Å²) in [6.45, 7) is 0. The zero-order valence-electron chi connectivity index (χ0n) is 10.7. The van der Waals surface area contributed by atoms with Gasteiger partial charge in [0.1, 0.15) is 0 Å². The van der Waals surface area contributed by atoms with Gasteiger partial charge in [0, 0.05) is 23.0 Å². The molecule has 0 aliphatic carbocycles. The highest BCUT2D eigenvalue weighted by molar-refractivity contribution is 8.03. The lowest BCUT2D eigenvalue weighted by atomic mass is 10.6. The molecule has 0 rings (SSSR count). The minimum Gasteiger partial charge on any atom is -0.481 e. The van der Waals surface area contributed by atoms with Gasteiger partial charge >= 0.3 is 11.9 Å². The molecule has 0 saturated carbocycles. The SMILES string of the molecule is O=C(O)CSCCSCCCSCCSCC(=O)O. The van der Waals surface area contributed by atoms with Gasteiger partial charge in [-0.25, -0.2) is 0 Å². The van der Waals surface area contributed by atoms with Crippen molar-refractivity contribution in [3.05, 3.63) is 0 Å². The Kier molecular flexibility index (Phi) is 15.0. The van der Waals surface area contributed by atoms with Crippen LogP contribution in [0.25, 0.3) is 0 Å². The number of aliphatic carboxylic acids is 2. The van der Waals surface area contributed by atoms with Crippen molar-refractivity contribution < 1.29 is 19.8 Å². The predicted octanol–water partition coefficient (Wildman–Crippen LogP) is 2.48. The minimum atomic E-state index is -0.743. The highest BCUT2D eigenvalue weighted by Crippen LogP contribution is 2.12. The molecule has 0 heterocycles. The van der Waals surface area contributed by atoms with Gasteiger partial charge in [-0.05, 0) is 17.9 Å². The Labute approximate surface area is 131 Å².